The molecule has 1 aliphatic heterocycles. The van der Waals surface area contributed by atoms with E-state index >= 15 is 0 Å². The van der Waals surface area contributed by atoms with Crippen molar-refractivity contribution < 1.29 is 22.7 Å². The highest BCUT2D eigenvalue weighted by Gasteiger charge is 2.41. The van der Waals surface area contributed by atoms with E-state index in [4.69, 9.17) is 11.6 Å². The van der Waals surface area contributed by atoms with E-state index in [0.717, 1.165) is 42.0 Å². The number of alkyl halides is 3. The maximum atomic E-state index is 12.8. The second-order valence-corrected chi connectivity index (χ2v) is 9.09. The lowest BCUT2D eigenvalue weighted by molar-refractivity contribution is -0.274. The first kappa shape index (κ1) is 24.3. The quantitative estimate of drug-likeness (QED) is 0.447. The molecular formula is C22H23ClF3N3O2S. The van der Waals surface area contributed by atoms with Crippen LogP contribution >= 0.6 is 23.4 Å². The predicted octanol–water partition coefficient (Wildman–Crippen LogP) is 6.64. The van der Waals surface area contributed by atoms with Gasteiger partial charge < -0.3 is 10.1 Å². The molecule has 0 bridgehead atoms. The molecule has 3 rings (SSSR count). The molecule has 2 aromatic rings. The van der Waals surface area contributed by atoms with Crippen molar-refractivity contribution in [1.82, 2.24) is 5.01 Å². The number of hydrazone groups is 1. The Morgan fingerprint density at radius 2 is 1.88 bits per heavy atom. The van der Waals surface area contributed by atoms with Crippen LogP contribution in [-0.4, -0.2) is 41.7 Å². The minimum Gasteiger partial charge on any atom is -0.406 e. The number of urea groups is 1. The van der Waals surface area contributed by atoms with E-state index in [0.29, 0.717) is 17.3 Å². The Bertz CT molecular complexity index is 968. The van der Waals surface area contributed by atoms with E-state index in [9.17, 15) is 18.0 Å². The van der Waals surface area contributed by atoms with E-state index in [1.165, 1.54) is 17.1 Å². The third-order valence-electron chi connectivity index (χ3n) is 5.06. The van der Waals surface area contributed by atoms with Gasteiger partial charge in [-0.15, -0.1) is 13.2 Å². The average Bonchev–Trinajstić information content (AvgIpc) is 3.07. The fourth-order valence-corrected chi connectivity index (χ4v) is 4.10. The standard InChI is InChI=1S/C22H23ClF3N3O2S/c1-21(12-3-13-32-2)14-29(28-19(21)15-4-6-16(23)7-5-15)20(30)27-17-8-10-18(11-9-17)31-22(24,25)26/h4-11H,3,12-14H2,1-2H3,(H,27,30). The van der Waals surface area contributed by atoms with Gasteiger partial charge in [-0.25, -0.2) is 9.80 Å². The molecule has 10 heteroatoms. The highest BCUT2D eigenvalue weighted by atomic mass is 35.5. The van der Waals surface area contributed by atoms with Crippen molar-refractivity contribution in [2.75, 3.05) is 23.9 Å². The van der Waals surface area contributed by atoms with E-state index in [-0.39, 0.29) is 11.2 Å². The van der Waals surface area contributed by atoms with Gasteiger partial charge in [0.05, 0.1) is 12.3 Å². The second-order valence-electron chi connectivity index (χ2n) is 7.67. The molecule has 0 aliphatic carbocycles. The predicted molar refractivity (Wildman–Crippen MR) is 123 cm³/mol. The summed E-state index contributed by atoms with van der Waals surface area (Å²) in [5, 5.41) is 9.25. The van der Waals surface area contributed by atoms with E-state index in [1.54, 1.807) is 23.9 Å². The molecular weight excluding hydrogens is 463 g/mol. The van der Waals surface area contributed by atoms with E-state index in [2.05, 4.69) is 28.3 Å². The van der Waals surface area contributed by atoms with Crippen LogP contribution in [0.25, 0.3) is 0 Å². The molecule has 0 radical (unpaired) electrons. The Balaban J connectivity index is 1.76. The number of halogens is 4. The summed E-state index contributed by atoms with van der Waals surface area (Å²) in [4.78, 5) is 12.8. The molecule has 2 aromatic carbocycles. The van der Waals surface area contributed by atoms with Gasteiger partial charge in [0.25, 0.3) is 0 Å². The molecule has 1 N–H and O–H groups in total. The minimum atomic E-state index is -4.77. The van der Waals surface area contributed by atoms with Crippen LogP contribution in [0.2, 0.25) is 5.02 Å². The van der Waals surface area contributed by atoms with Crippen molar-refractivity contribution >= 4 is 40.8 Å². The zero-order valence-electron chi connectivity index (χ0n) is 17.6. The number of hydrogen-bond acceptors (Lipinski definition) is 4. The van der Waals surface area contributed by atoms with Crippen LogP contribution in [0, 0.1) is 5.41 Å². The maximum absolute atomic E-state index is 12.8. The first-order chi connectivity index (χ1) is 15.1. The Kier molecular flexibility index (Phi) is 7.61. The number of benzene rings is 2. The topological polar surface area (TPSA) is 53.9 Å². The number of carbonyl (C=O) groups excluding carboxylic acids is 1. The number of anilines is 1. The molecule has 5 nitrogen and oxygen atoms in total. The lowest BCUT2D eigenvalue weighted by Crippen LogP contribution is -2.35. The van der Waals surface area contributed by atoms with Crippen molar-refractivity contribution in [2.24, 2.45) is 10.5 Å². The molecule has 0 saturated carbocycles. The molecule has 1 aliphatic rings. The summed E-state index contributed by atoms with van der Waals surface area (Å²) in [5.74, 6) is 0.642. The summed E-state index contributed by atoms with van der Waals surface area (Å²) in [5.41, 5.74) is 1.69. The highest BCUT2D eigenvalue weighted by Crippen LogP contribution is 2.36. The number of carbonyl (C=O) groups is 1. The molecule has 172 valence electrons. The maximum Gasteiger partial charge on any atom is 0.573 e. The van der Waals surface area contributed by atoms with Crippen LogP contribution < -0.4 is 10.1 Å². The number of nitrogens with one attached hydrogen (secondary N) is 1. The third-order valence-corrected chi connectivity index (χ3v) is 6.01. The van der Waals surface area contributed by atoms with Gasteiger partial charge in [-0.2, -0.15) is 16.9 Å². The smallest absolute Gasteiger partial charge is 0.406 e. The molecule has 2 amide bonds. The van der Waals surface area contributed by atoms with Gasteiger partial charge in [0.15, 0.2) is 0 Å². The largest absolute Gasteiger partial charge is 0.573 e. The fraction of sp³-hybridized carbons (Fsp3) is 0.364. The molecule has 32 heavy (non-hydrogen) atoms. The van der Waals surface area contributed by atoms with Gasteiger partial charge in [0.1, 0.15) is 5.75 Å². The van der Waals surface area contributed by atoms with Crippen molar-refractivity contribution in [1.29, 1.82) is 0 Å². The molecule has 0 fully saturated rings. The Morgan fingerprint density at radius 1 is 1.22 bits per heavy atom. The lowest BCUT2D eigenvalue weighted by atomic mass is 9.78. The van der Waals surface area contributed by atoms with E-state index < -0.39 is 12.4 Å². The lowest BCUT2D eigenvalue weighted by Gasteiger charge is -2.26. The molecule has 0 spiro atoms. The van der Waals surface area contributed by atoms with Gasteiger partial charge in [-0.3, -0.25) is 0 Å². The normalized spacial score (nSPS) is 18.4. The van der Waals surface area contributed by atoms with E-state index in [1.807, 2.05) is 12.1 Å². The fourth-order valence-electron chi connectivity index (χ4n) is 3.55. The number of thioether (sulfide) groups is 1. The van der Waals surface area contributed by atoms with Crippen LogP contribution in [0.15, 0.2) is 53.6 Å². The molecule has 1 atom stereocenters. The Labute approximate surface area is 194 Å². The number of amides is 2. The summed E-state index contributed by atoms with van der Waals surface area (Å²) >= 11 is 7.78. The van der Waals surface area contributed by atoms with Gasteiger partial charge in [-0.05, 0) is 66.8 Å². The highest BCUT2D eigenvalue weighted by molar-refractivity contribution is 7.98. The summed E-state index contributed by atoms with van der Waals surface area (Å²) in [6.45, 7) is 2.47. The first-order valence-corrected chi connectivity index (χ1v) is 11.7. The number of rotatable bonds is 7. The van der Waals surface area contributed by atoms with Crippen molar-refractivity contribution in [2.45, 2.75) is 26.1 Å². The Hall–Kier alpha value is -2.39. The van der Waals surface area contributed by atoms with Gasteiger partial charge in [0, 0.05) is 16.1 Å². The average molecular weight is 486 g/mol. The monoisotopic (exact) mass is 485 g/mol. The van der Waals surface area contributed by atoms with Gasteiger partial charge in [0.2, 0.25) is 0 Å². The molecule has 1 unspecified atom stereocenters. The van der Waals surface area contributed by atoms with Crippen LogP contribution in [-0.2, 0) is 0 Å². The summed E-state index contributed by atoms with van der Waals surface area (Å²) in [7, 11) is 0. The second kappa shape index (κ2) is 10.0. The van der Waals surface area contributed by atoms with Crippen molar-refractivity contribution in [3.8, 4) is 5.75 Å². The van der Waals surface area contributed by atoms with Gasteiger partial charge in [-0.1, -0.05) is 30.7 Å². The van der Waals surface area contributed by atoms with Crippen LogP contribution in [0.4, 0.5) is 23.7 Å². The SMILES string of the molecule is CSCCCC1(C)CN(C(=O)Nc2ccc(OC(F)(F)F)cc2)N=C1c1ccc(Cl)cc1. The number of hydrogen-bond donors (Lipinski definition) is 1. The van der Waals surface area contributed by atoms with Crippen molar-refractivity contribution in [3.63, 3.8) is 0 Å². The van der Waals surface area contributed by atoms with Crippen LogP contribution in [0.1, 0.15) is 25.3 Å². The molecule has 0 saturated heterocycles. The number of ether oxygens (including phenoxy) is 1. The molecule has 1 heterocycles. The van der Waals surface area contributed by atoms with Gasteiger partial charge >= 0.3 is 12.4 Å². The summed E-state index contributed by atoms with van der Waals surface area (Å²) < 4.78 is 40.8. The zero-order valence-corrected chi connectivity index (χ0v) is 19.2. The van der Waals surface area contributed by atoms with Crippen LogP contribution in [0.3, 0.4) is 0 Å². The Morgan fingerprint density at radius 3 is 2.47 bits per heavy atom. The number of nitrogens with zero attached hydrogens (tertiary/aromatic N) is 2. The first-order valence-electron chi connectivity index (χ1n) is 9.88. The van der Waals surface area contributed by atoms with Crippen LogP contribution in [0.5, 0.6) is 5.75 Å². The zero-order chi connectivity index (χ0) is 23.4. The summed E-state index contributed by atoms with van der Waals surface area (Å²) in [6.07, 6.45) is -0.896. The third kappa shape index (κ3) is 6.32. The summed E-state index contributed by atoms with van der Waals surface area (Å²) in [6, 6.07) is 11.8. The molecule has 0 aromatic heterocycles. The minimum absolute atomic E-state index is 0.337. The van der Waals surface area contributed by atoms with Crippen molar-refractivity contribution in [3.05, 3.63) is 59.1 Å².